The molecule has 2 heterocycles. The predicted molar refractivity (Wildman–Crippen MR) is 90.4 cm³/mol. The molecule has 1 aromatic carbocycles. The summed E-state index contributed by atoms with van der Waals surface area (Å²) in [5.41, 5.74) is 3.02. The van der Waals surface area contributed by atoms with Crippen LogP contribution in [0.15, 0.2) is 18.3 Å². The molecule has 0 atom stereocenters. The summed E-state index contributed by atoms with van der Waals surface area (Å²) in [6.45, 7) is 4.56. The monoisotopic (exact) mass is 327 g/mol. The fourth-order valence-corrected chi connectivity index (χ4v) is 3.13. The van der Waals surface area contributed by atoms with Crippen molar-refractivity contribution in [2.24, 2.45) is 0 Å². The van der Waals surface area contributed by atoms with E-state index in [-0.39, 0.29) is 17.9 Å². The second kappa shape index (κ2) is 6.47. The number of anilines is 1. The number of aromatic nitrogens is 2. The molecule has 0 spiro atoms. The summed E-state index contributed by atoms with van der Waals surface area (Å²) in [6, 6.07) is 3.29. The normalized spacial score (nSPS) is 13.4. The minimum Gasteiger partial charge on any atom is -0.478 e. The first-order valence-electron chi connectivity index (χ1n) is 8.13. The molecule has 0 bridgehead atoms. The predicted octanol–water partition coefficient (Wildman–Crippen LogP) is 2.72. The second-order valence-corrected chi connectivity index (χ2v) is 6.31. The van der Waals surface area contributed by atoms with Crippen molar-refractivity contribution in [1.29, 1.82) is 0 Å². The number of carbonyl (C=O) groups is 2. The molecule has 6 nitrogen and oxygen atoms in total. The van der Waals surface area contributed by atoms with Crippen LogP contribution in [-0.2, 0) is 24.2 Å². The number of fused-ring (bicyclic) bond motifs is 1. The summed E-state index contributed by atoms with van der Waals surface area (Å²) >= 11 is 0. The van der Waals surface area contributed by atoms with Crippen molar-refractivity contribution in [3.05, 3.63) is 46.5 Å². The number of carbonyl (C=O) groups excluding carboxylic acids is 1. The van der Waals surface area contributed by atoms with Crippen LogP contribution in [0.3, 0.4) is 0 Å². The van der Waals surface area contributed by atoms with Crippen LogP contribution in [0, 0.1) is 13.8 Å². The zero-order valence-electron chi connectivity index (χ0n) is 13.9. The van der Waals surface area contributed by atoms with Gasteiger partial charge in [0.25, 0.3) is 0 Å². The van der Waals surface area contributed by atoms with Gasteiger partial charge >= 0.3 is 5.97 Å². The minimum absolute atomic E-state index is 0.186. The maximum Gasteiger partial charge on any atom is 0.336 e. The molecule has 2 N–H and O–H groups in total. The van der Waals surface area contributed by atoms with Gasteiger partial charge in [-0.1, -0.05) is 6.07 Å². The van der Waals surface area contributed by atoms with Crippen molar-refractivity contribution in [2.75, 3.05) is 5.32 Å². The number of rotatable bonds is 4. The molecule has 0 fully saturated rings. The molecular weight excluding hydrogens is 306 g/mol. The van der Waals surface area contributed by atoms with Crippen LogP contribution in [0.2, 0.25) is 0 Å². The third-order valence-electron chi connectivity index (χ3n) is 4.38. The Morgan fingerprint density at radius 3 is 2.75 bits per heavy atom. The summed E-state index contributed by atoms with van der Waals surface area (Å²) < 4.78 is 2.12. The number of benzene rings is 1. The molecule has 3 rings (SSSR count). The zero-order valence-corrected chi connectivity index (χ0v) is 13.9. The Morgan fingerprint density at radius 2 is 2.04 bits per heavy atom. The van der Waals surface area contributed by atoms with Crippen molar-refractivity contribution >= 4 is 17.6 Å². The third kappa shape index (κ3) is 3.32. The Labute approximate surface area is 140 Å². The van der Waals surface area contributed by atoms with Crippen molar-refractivity contribution in [3.8, 4) is 0 Å². The van der Waals surface area contributed by atoms with E-state index in [0.717, 1.165) is 42.9 Å². The molecule has 1 aromatic heterocycles. The highest BCUT2D eigenvalue weighted by molar-refractivity contribution is 5.96. The smallest absolute Gasteiger partial charge is 0.336 e. The van der Waals surface area contributed by atoms with E-state index in [0.29, 0.717) is 11.3 Å². The first kappa shape index (κ1) is 16.2. The van der Waals surface area contributed by atoms with Crippen molar-refractivity contribution in [1.82, 2.24) is 9.55 Å². The van der Waals surface area contributed by atoms with Gasteiger partial charge in [-0.05, 0) is 43.9 Å². The number of nitrogens with one attached hydrogen (secondary N) is 1. The van der Waals surface area contributed by atoms with E-state index >= 15 is 0 Å². The van der Waals surface area contributed by atoms with E-state index in [1.54, 1.807) is 13.0 Å². The molecule has 24 heavy (non-hydrogen) atoms. The first-order chi connectivity index (χ1) is 11.4. The molecule has 126 valence electrons. The van der Waals surface area contributed by atoms with Gasteiger partial charge in [-0.2, -0.15) is 0 Å². The lowest BCUT2D eigenvalue weighted by Crippen LogP contribution is -2.16. The number of imidazole rings is 1. The highest BCUT2D eigenvalue weighted by Crippen LogP contribution is 2.21. The van der Waals surface area contributed by atoms with E-state index in [1.165, 1.54) is 6.07 Å². The maximum absolute atomic E-state index is 12.3. The molecule has 0 unspecified atom stereocenters. The largest absolute Gasteiger partial charge is 0.478 e. The van der Waals surface area contributed by atoms with Gasteiger partial charge in [0, 0.05) is 24.8 Å². The van der Waals surface area contributed by atoms with Crippen LogP contribution < -0.4 is 5.32 Å². The zero-order chi connectivity index (χ0) is 17.3. The average molecular weight is 327 g/mol. The van der Waals surface area contributed by atoms with Gasteiger partial charge < -0.3 is 15.0 Å². The third-order valence-corrected chi connectivity index (χ3v) is 4.38. The highest BCUT2D eigenvalue weighted by Gasteiger charge is 2.16. The van der Waals surface area contributed by atoms with Gasteiger partial charge in [0.15, 0.2) is 0 Å². The van der Waals surface area contributed by atoms with Gasteiger partial charge in [0.1, 0.15) is 5.82 Å². The number of aromatic carboxylic acids is 1. The first-order valence-corrected chi connectivity index (χ1v) is 8.13. The van der Waals surface area contributed by atoms with Crippen LogP contribution in [0.1, 0.15) is 45.8 Å². The quantitative estimate of drug-likeness (QED) is 0.904. The van der Waals surface area contributed by atoms with E-state index in [2.05, 4.69) is 14.9 Å². The maximum atomic E-state index is 12.3. The van der Waals surface area contributed by atoms with Gasteiger partial charge in [0.05, 0.1) is 17.7 Å². The van der Waals surface area contributed by atoms with Crippen LogP contribution in [-0.4, -0.2) is 26.5 Å². The number of aryl methyl sites for hydroxylation is 4. The topological polar surface area (TPSA) is 84.2 Å². The van der Waals surface area contributed by atoms with E-state index in [4.69, 9.17) is 0 Å². The van der Waals surface area contributed by atoms with E-state index in [9.17, 15) is 14.7 Å². The lowest BCUT2D eigenvalue weighted by Gasteiger charge is -2.11. The summed E-state index contributed by atoms with van der Waals surface area (Å²) in [6.07, 6.45) is 5.38. The number of carboxylic acids is 1. The number of carboxylic acid groups (broad SMARTS) is 1. The number of nitrogens with zero attached hydrogens (tertiary/aromatic N) is 2. The SMILES string of the molecule is Cc1cc(C)c(C(=O)O)cc1NC(=O)Cc1cn2c(n1)CCCC2. The molecule has 6 heteroatoms. The minimum atomic E-state index is -0.996. The van der Waals surface area contributed by atoms with Gasteiger partial charge in [-0.15, -0.1) is 0 Å². The molecule has 2 aromatic rings. The number of amides is 1. The molecule has 0 saturated heterocycles. The number of hydrogen-bond acceptors (Lipinski definition) is 3. The fourth-order valence-electron chi connectivity index (χ4n) is 3.13. The standard InChI is InChI=1S/C18H21N3O3/c1-11-7-12(2)15(9-14(11)18(23)24)20-17(22)8-13-10-21-6-4-3-5-16(21)19-13/h7,9-10H,3-6,8H2,1-2H3,(H,20,22)(H,23,24). The van der Waals surface area contributed by atoms with Crippen molar-refractivity contribution in [3.63, 3.8) is 0 Å². The Bertz CT molecular complexity index is 785. The Hall–Kier alpha value is -2.63. The van der Waals surface area contributed by atoms with Gasteiger partial charge in [0.2, 0.25) is 5.91 Å². The molecule has 1 aliphatic heterocycles. The summed E-state index contributed by atoms with van der Waals surface area (Å²) in [4.78, 5) is 28.1. The highest BCUT2D eigenvalue weighted by atomic mass is 16.4. The van der Waals surface area contributed by atoms with Gasteiger partial charge in [-0.25, -0.2) is 9.78 Å². The van der Waals surface area contributed by atoms with Gasteiger partial charge in [-0.3, -0.25) is 4.79 Å². The molecular formula is C18H21N3O3. The molecule has 0 radical (unpaired) electrons. The lowest BCUT2D eigenvalue weighted by molar-refractivity contribution is -0.115. The number of hydrogen-bond donors (Lipinski definition) is 2. The van der Waals surface area contributed by atoms with E-state index in [1.807, 2.05) is 13.1 Å². The molecule has 1 amide bonds. The fraction of sp³-hybridized carbons (Fsp3) is 0.389. The molecule has 0 aliphatic carbocycles. The van der Waals surface area contributed by atoms with E-state index < -0.39 is 5.97 Å². The van der Waals surface area contributed by atoms with Crippen LogP contribution in [0.5, 0.6) is 0 Å². The molecule has 1 aliphatic rings. The van der Waals surface area contributed by atoms with Crippen molar-refractivity contribution < 1.29 is 14.7 Å². The summed E-state index contributed by atoms with van der Waals surface area (Å²) in [5.74, 6) is -0.137. The summed E-state index contributed by atoms with van der Waals surface area (Å²) in [5, 5.41) is 12.0. The Morgan fingerprint density at radius 1 is 1.25 bits per heavy atom. The van der Waals surface area contributed by atoms with Crippen LogP contribution in [0.4, 0.5) is 5.69 Å². The lowest BCUT2D eigenvalue weighted by atomic mass is 10.0. The van der Waals surface area contributed by atoms with Crippen molar-refractivity contribution in [2.45, 2.75) is 46.1 Å². The van der Waals surface area contributed by atoms with Crippen LogP contribution in [0.25, 0.3) is 0 Å². The Balaban J connectivity index is 1.74. The summed E-state index contributed by atoms with van der Waals surface area (Å²) in [7, 11) is 0. The Kier molecular flexibility index (Phi) is 4.38. The second-order valence-electron chi connectivity index (χ2n) is 6.31. The van der Waals surface area contributed by atoms with Crippen LogP contribution >= 0.6 is 0 Å². The average Bonchev–Trinajstić information content (AvgIpc) is 2.91. The molecule has 0 saturated carbocycles.